The number of carbonyl (C=O) groups excluding carboxylic acids is 3. The predicted molar refractivity (Wildman–Crippen MR) is 435 cm³/mol. The summed E-state index contributed by atoms with van der Waals surface area (Å²) in [5.74, 6) is -1.07. The minimum atomic E-state index is -0.657. The Labute approximate surface area is 643 Å². The molecule has 0 unspecified atom stereocenters. The summed E-state index contributed by atoms with van der Waals surface area (Å²) in [6, 6.07) is 86.4. The first kappa shape index (κ1) is 103. The van der Waals surface area contributed by atoms with Crippen LogP contribution < -0.4 is 0 Å². The molecule has 0 radical (unpaired) electrons. The van der Waals surface area contributed by atoms with E-state index >= 15 is 0 Å². The summed E-state index contributed by atoms with van der Waals surface area (Å²) in [5.41, 5.74) is 9.74. The minimum Gasteiger partial charge on any atom is -0.544 e. The minimum absolute atomic E-state index is 0. The van der Waals surface area contributed by atoms with Gasteiger partial charge in [-0.25, -0.2) is 27.3 Å². The Morgan fingerprint density at radius 3 is 0.921 bits per heavy atom. The zero-order chi connectivity index (χ0) is 75.9. The van der Waals surface area contributed by atoms with E-state index in [0.717, 1.165) is 33.4 Å². The molecule has 0 heterocycles. The molecule has 0 atom stereocenters. The van der Waals surface area contributed by atoms with Crippen LogP contribution in [0.15, 0.2) is 275 Å². The van der Waals surface area contributed by atoms with Crippen molar-refractivity contribution in [3.8, 4) is 0 Å². The number of esters is 3. The molecular weight excluding hydrogens is 1580 g/mol. The molecule has 0 spiro atoms. The number of rotatable bonds is 14. The Kier molecular flexibility index (Phi) is 67.7. The molecule has 0 saturated heterocycles. The largest absolute Gasteiger partial charge is 0.544 e. The van der Waals surface area contributed by atoms with E-state index in [2.05, 4.69) is 92.6 Å². The van der Waals surface area contributed by atoms with Crippen LogP contribution in [0.2, 0.25) is 0 Å². The van der Waals surface area contributed by atoms with Crippen molar-refractivity contribution in [2.24, 2.45) is 0 Å². The van der Waals surface area contributed by atoms with E-state index in [9.17, 15) is 14.4 Å². The molecule has 9 aromatic carbocycles. The summed E-state index contributed by atoms with van der Waals surface area (Å²) in [5, 5.41) is 0. The van der Waals surface area contributed by atoms with Crippen molar-refractivity contribution in [2.45, 2.75) is 176 Å². The Hall–Kier alpha value is -8.53. The van der Waals surface area contributed by atoms with Crippen LogP contribution in [0, 0.1) is 12.1 Å². The molecule has 101 heavy (non-hydrogen) atoms. The number of hydrogen-bond acceptors (Lipinski definition) is 6. The first-order chi connectivity index (χ1) is 47.9. The Bertz CT molecular complexity index is 3370. The van der Waals surface area contributed by atoms with E-state index in [1.54, 1.807) is 42.5 Å². The zero-order valence-corrected chi connectivity index (χ0v) is 71.4. The first-order valence-corrected chi connectivity index (χ1v) is 35.3. The SMILES string of the molecule is C(=C\c1ccccc1)/c1ccccc1.C=C(c1ccccc1)c1ccccc1.C=Cc1c[c-]c(C(=O)OC(C)(C)C)[c-]c1.C=Cc1ccc(C(=O)OC(C)(C)c2ccccc2)cc1.CC.CC.CC.CC.CC.CC.CC.CC.CC(C)(OC(=O)/C=C/c1ccccc1)c1ccccc1.[W].[W]. The maximum absolute atomic E-state index is 12.2. The maximum Gasteiger partial charge on any atom is 0.338 e. The molecule has 0 fully saturated rings. The molecule has 0 aliphatic carbocycles. The van der Waals surface area contributed by atoms with Gasteiger partial charge in [-0.2, -0.15) is 5.56 Å². The van der Waals surface area contributed by atoms with Gasteiger partial charge in [0.1, 0.15) is 11.2 Å². The van der Waals surface area contributed by atoms with Crippen LogP contribution in [0.4, 0.5) is 0 Å². The predicted octanol–water partition coefficient (Wildman–Crippen LogP) is 27.3. The molecule has 0 bridgehead atoms. The van der Waals surface area contributed by atoms with Gasteiger partial charge in [-0.3, -0.25) is 12.1 Å². The van der Waals surface area contributed by atoms with E-state index in [4.69, 9.17) is 14.2 Å². The van der Waals surface area contributed by atoms with Crippen molar-refractivity contribution < 1.29 is 70.7 Å². The monoisotopic (exact) mass is 1700 g/mol. The zero-order valence-electron chi connectivity index (χ0n) is 65.5. The summed E-state index contributed by atoms with van der Waals surface area (Å²) in [6.07, 6.45) is 10.9. The van der Waals surface area contributed by atoms with Crippen molar-refractivity contribution in [1.82, 2.24) is 0 Å². The second-order valence-corrected chi connectivity index (χ2v) is 20.7. The van der Waals surface area contributed by atoms with Gasteiger partial charge in [0.25, 0.3) is 0 Å². The van der Waals surface area contributed by atoms with Gasteiger partial charge in [-0.15, -0.1) is 12.7 Å². The van der Waals surface area contributed by atoms with E-state index in [-0.39, 0.29) is 54.1 Å². The van der Waals surface area contributed by atoms with E-state index in [1.807, 2.05) is 335 Å². The van der Waals surface area contributed by atoms with Gasteiger partial charge in [-0.05, 0) is 117 Å². The average Bonchev–Trinajstić information content (AvgIpc) is 0.844. The molecule has 6 nitrogen and oxygen atoms in total. The molecule has 0 aliphatic heterocycles. The van der Waals surface area contributed by atoms with Gasteiger partial charge < -0.3 is 19.0 Å². The third-order valence-electron chi connectivity index (χ3n) is 12.2. The van der Waals surface area contributed by atoms with Gasteiger partial charge in [0.05, 0.1) is 11.2 Å². The van der Waals surface area contributed by atoms with Crippen molar-refractivity contribution in [1.29, 1.82) is 0 Å². The van der Waals surface area contributed by atoms with Gasteiger partial charge in [-0.1, -0.05) is 367 Å². The van der Waals surface area contributed by atoms with Crippen molar-refractivity contribution in [3.63, 3.8) is 0 Å². The molecule has 0 aliphatic rings. The molecule has 0 amide bonds. The molecule has 544 valence electrons. The normalized spacial score (nSPS) is 9.34. The van der Waals surface area contributed by atoms with E-state index < -0.39 is 22.8 Å². The maximum atomic E-state index is 12.2. The number of benzene rings is 9. The van der Waals surface area contributed by atoms with Crippen LogP contribution in [-0.2, 0) is 72.3 Å². The van der Waals surface area contributed by atoms with Crippen LogP contribution in [0.3, 0.4) is 0 Å². The Balaban J connectivity index is -0.000000266. The van der Waals surface area contributed by atoms with E-state index in [1.165, 1.54) is 28.3 Å². The number of carbonyl (C=O) groups is 3. The summed E-state index contributed by atoms with van der Waals surface area (Å²) >= 11 is 0. The third kappa shape index (κ3) is 47.3. The fourth-order valence-electron chi connectivity index (χ4n) is 7.58. The third-order valence-corrected chi connectivity index (χ3v) is 12.2. The number of ether oxygens (including phenoxy) is 3. The first-order valence-electron chi connectivity index (χ1n) is 35.3. The molecule has 0 aromatic heterocycles. The fraction of sp³-hybridized carbons (Fsp3) is 0.280. The Morgan fingerprint density at radius 2 is 0.614 bits per heavy atom. The Morgan fingerprint density at radius 1 is 0.327 bits per heavy atom. The van der Waals surface area contributed by atoms with Crippen molar-refractivity contribution in [3.05, 3.63) is 348 Å². The molecule has 9 rings (SSSR count). The average molecular weight is 1700 g/mol. The van der Waals surface area contributed by atoms with Gasteiger partial charge >= 0.3 is 11.9 Å². The van der Waals surface area contributed by atoms with Gasteiger partial charge in [0, 0.05) is 48.2 Å². The van der Waals surface area contributed by atoms with Crippen LogP contribution in [0.5, 0.6) is 0 Å². The quantitative estimate of drug-likeness (QED) is 0.0355. The second-order valence-electron chi connectivity index (χ2n) is 20.7. The smallest absolute Gasteiger partial charge is 0.338 e. The van der Waals surface area contributed by atoms with E-state index in [0.29, 0.717) is 11.1 Å². The van der Waals surface area contributed by atoms with Gasteiger partial charge in [0.15, 0.2) is 5.97 Å². The fourth-order valence-corrected chi connectivity index (χ4v) is 7.58. The molecule has 9 aromatic rings. The van der Waals surface area contributed by atoms with Crippen LogP contribution >= 0.6 is 0 Å². The van der Waals surface area contributed by atoms with Crippen LogP contribution in [0.1, 0.15) is 230 Å². The van der Waals surface area contributed by atoms with Crippen LogP contribution in [0.25, 0.3) is 36.0 Å². The second kappa shape index (κ2) is 66.0. The summed E-state index contributed by atoms with van der Waals surface area (Å²) in [4.78, 5) is 35.6. The molecular formula is C93H122O6W2-2. The van der Waals surface area contributed by atoms with Crippen molar-refractivity contribution in [2.75, 3.05) is 0 Å². The van der Waals surface area contributed by atoms with Crippen LogP contribution in [-0.4, -0.2) is 23.5 Å². The molecule has 0 N–H and O–H groups in total. The summed E-state index contributed by atoms with van der Waals surface area (Å²) in [7, 11) is 0. The summed E-state index contributed by atoms with van der Waals surface area (Å²) < 4.78 is 16.3. The molecule has 8 heteroatoms. The summed E-state index contributed by atoms with van der Waals surface area (Å²) in [6.45, 7) is 56.4. The molecule has 0 saturated carbocycles. The standard InChI is InChI=1S/2C18H18O2.2C14H12.C13H14O2.8C2H6.2W/c1-18(2,16-11-7-4-8-12-16)20-17(19)14-13-15-9-5-3-6-10-15;1-4-14-10-12-15(13-11-14)17(19)20-18(2,3)16-8-6-5-7-9-16;1-12(13-8-4-2-5-9-13)14-10-6-3-7-11-14;1-3-7-13(8-4-1)11-12-14-9-5-2-6-10-14;1-5-10-6-8-11(9-7-10)12(14)15-13(2,3)4;8*1-2;;/h3-14H,1-2H3;4-13H,1H2,2-3H3;2-11H,1H2;1-12H;5-7H,1H2,2-4H3;8*1-2H3;;/q;;;;-2;;;;;;;;;;/b14-13+;;;12-11+;;;;;;;;;;;. The van der Waals surface area contributed by atoms with Gasteiger partial charge in [0.2, 0.25) is 0 Å². The topological polar surface area (TPSA) is 78.9 Å². The van der Waals surface area contributed by atoms with Crippen molar-refractivity contribution >= 4 is 53.9 Å². The number of hydrogen-bond donors (Lipinski definition) is 0.